The number of hydrogen-bond donors (Lipinski definition) is 1. The zero-order chi connectivity index (χ0) is 20.2. The second kappa shape index (κ2) is 8.22. The third kappa shape index (κ3) is 4.28. The van der Waals surface area contributed by atoms with Crippen molar-refractivity contribution >= 4 is 27.6 Å². The van der Waals surface area contributed by atoms with Crippen LogP contribution in [-0.2, 0) is 25.9 Å². The van der Waals surface area contributed by atoms with Gasteiger partial charge in [0, 0.05) is 0 Å². The molecule has 7 nitrogen and oxygen atoms in total. The average molecular weight is 391 g/mol. The van der Waals surface area contributed by atoms with Crippen molar-refractivity contribution in [2.45, 2.75) is 25.2 Å². The summed E-state index contributed by atoms with van der Waals surface area (Å²) in [4.78, 5) is 23.5. The van der Waals surface area contributed by atoms with Gasteiger partial charge in [0.15, 0.2) is 0 Å². The van der Waals surface area contributed by atoms with Crippen LogP contribution in [-0.4, -0.2) is 34.6 Å². The number of methoxy groups -OCH3 is 2. The van der Waals surface area contributed by atoms with Crippen LogP contribution in [0.2, 0.25) is 0 Å². The molecule has 0 heterocycles. The number of para-hydroxylation sites is 1. The summed E-state index contributed by atoms with van der Waals surface area (Å²) in [7, 11) is -1.84. The molecule has 2 aromatic rings. The molecule has 0 fully saturated rings. The molecule has 0 unspecified atom stereocenters. The molecular weight excluding hydrogens is 370 g/mol. The average Bonchev–Trinajstić information content (AvgIpc) is 2.67. The lowest BCUT2D eigenvalue weighted by molar-refractivity contribution is 0.0583. The van der Waals surface area contributed by atoms with E-state index in [1.54, 1.807) is 13.0 Å². The SMILES string of the molecule is CCc1cccc(C)c1NS(=O)(=O)c1cc(C(=O)OC)ccc1C(=O)OC. The number of benzene rings is 2. The van der Waals surface area contributed by atoms with E-state index in [2.05, 4.69) is 14.2 Å². The Kier molecular flexibility index (Phi) is 6.22. The molecule has 27 heavy (non-hydrogen) atoms. The molecule has 144 valence electrons. The normalized spacial score (nSPS) is 11.0. The molecule has 2 rings (SSSR count). The minimum atomic E-state index is -4.18. The first-order chi connectivity index (χ1) is 12.7. The van der Waals surface area contributed by atoms with Crippen molar-refractivity contribution in [1.29, 1.82) is 0 Å². The van der Waals surface area contributed by atoms with Crippen LogP contribution in [0.25, 0.3) is 0 Å². The highest BCUT2D eigenvalue weighted by Crippen LogP contribution is 2.27. The lowest BCUT2D eigenvalue weighted by Crippen LogP contribution is -2.20. The van der Waals surface area contributed by atoms with E-state index in [9.17, 15) is 18.0 Å². The van der Waals surface area contributed by atoms with Gasteiger partial charge in [0.1, 0.15) is 4.90 Å². The molecule has 0 spiro atoms. The molecule has 0 radical (unpaired) electrons. The predicted octanol–water partition coefficient (Wildman–Crippen LogP) is 2.93. The summed E-state index contributed by atoms with van der Waals surface area (Å²) < 4.78 is 38.0. The van der Waals surface area contributed by atoms with Gasteiger partial charge in [-0.15, -0.1) is 0 Å². The molecule has 0 aliphatic carbocycles. The molecule has 0 bridgehead atoms. The predicted molar refractivity (Wildman–Crippen MR) is 100 cm³/mol. The maximum Gasteiger partial charge on any atom is 0.339 e. The lowest BCUT2D eigenvalue weighted by atomic mass is 10.1. The van der Waals surface area contributed by atoms with Crippen LogP contribution < -0.4 is 4.72 Å². The first-order valence-corrected chi connectivity index (χ1v) is 9.65. The molecule has 0 aromatic heterocycles. The number of esters is 2. The number of hydrogen-bond acceptors (Lipinski definition) is 6. The van der Waals surface area contributed by atoms with E-state index in [1.807, 2.05) is 19.1 Å². The van der Waals surface area contributed by atoms with Crippen molar-refractivity contribution in [3.63, 3.8) is 0 Å². The highest BCUT2D eigenvalue weighted by atomic mass is 32.2. The molecule has 1 N–H and O–H groups in total. The number of rotatable bonds is 6. The van der Waals surface area contributed by atoms with Gasteiger partial charge < -0.3 is 9.47 Å². The summed E-state index contributed by atoms with van der Waals surface area (Å²) in [5, 5.41) is 0. The molecule has 8 heteroatoms. The molecule has 0 saturated carbocycles. The summed E-state index contributed by atoms with van der Waals surface area (Å²) >= 11 is 0. The van der Waals surface area contributed by atoms with Gasteiger partial charge in [-0.05, 0) is 42.7 Å². The van der Waals surface area contributed by atoms with Gasteiger partial charge in [-0.1, -0.05) is 25.1 Å². The molecular formula is C19H21NO6S. The Labute approximate surface area is 158 Å². The standard InChI is InChI=1S/C19H21NO6S/c1-5-13-8-6-7-12(2)17(13)20-27(23,24)16-11-14(18(21)25-3)9-10-15(16)19(22)26-4/h6-11,20H,5H2,1-4H3. The van der Waals surface area contributed by atoms with E-state index < -0.39 is 22.0 Å². The minimum Gasteiger partial charge on any atom is -0.465 e. The Morgan fingerprint density at radius 3 is 2.30 bits per heavy atom. The fourth-order valence-electron chi connectivity index (χ4n) is 2.63. The van der Waals surface area contributed by atoms with Crippen LogP contribution in [0.15, 0.2) is 41.3 Å². The Morgan fingerprint density at radius 2 is 1.70 bits per heavy atom. The van der Waals surface area contributed by atoms with Gasteiger partial charge >= 0.3 is 11.9 Å². The Hall–Kier alpha value is -2.87. The van der Waals surface area contributed by atoms with Crippen LogP contribution in [0.4, 0.5) is 5.69 Å². The fourth-order valence-corrected chi connectivity index (χ4v) is 4.02. The smallest absolute Gasteiger partial charge is 0.339 e. The van der Waals surface area contributed by atoms with Gasteiger partial charge in [-0.2, -0.15) is 0 Å². The molecule has 0 amide bonds. The zero-order valence-electron chi connectivity index (χ0n) is 15.5. The Bertz CT molecular complexity index is 982. The third-order valence-electron chi connectivity index (χ3n) is 4.07. The second-order valence-corrected chi connectivity index (χ2v) is 7.41. The number of aryl methyl sites for hydroxylation is 2. The van der Waals surface area contributed by atoms with Gasteiger partial charge in [0.05, 0.1) is 31.0 Å². The lowest BCUT2D eigenvalue weighted by Gasteiger charge is -2.16. The van der Waals surface area contributed by atoms with Crippen LogP contribution in [0.1, 0.15) is 38.8 Å². The maximum atomic E-state index is 13.1. The summed E-state index contributed by atoms with van der Waals surface area (Å²) in [6, 6.07) is 9.07. The highest BCUT2D eigenvalue weighted by molar-refractivity contribution is 7.92. The fraction of sp³-hybridized carbons (Fsp3) is 0.263. The van der Waals surface area contributed by atoms with E-state index in [1.165, 1.54) is 19.2 Å². The van der Waals surface area contributed by atoms with Gasteiger partial charge in [-0.25, -0.2) is 18.0 Å². The van der Waals surface area contributed by atoms with E-state index >= 15 is 0 Å². The van der Waals surface area contributed by atoms with Crippen molar-refractivity contribution in [3.8, 4) is 0 Å². The van der Waals surface area contributed by atoms with Crippen molar-refractivity contribution in [3.05, 3.63) is 58.7 Å². The topological polar surface area (TPSA) is 98.8 Å². The van der Waals surface area contributed by atoms with E-state index in [0.717, 1.165) is 24.3 Å². The number of nitrogens with one attached hydrogen (secondary N) is 1. The number of carbonyl (C=O) groups is 2. The summed E-state index contributed by atoms with van der Waals surface area (Å²) in [6.45, 7) is 3.69. The summed E-state index contributed by atoms with van der Waals surface area (Å²) in [5.41, 5.74) is 1.82. The number of anilines is 1. The summed E-state index contributed by atoms with van der Waals surface area (Å²) in [5.74, 6) is -1.54. The number of ether oxygens (including phenoxy) is 2. The van der Waals surface area contributed by atoms with Gasteiger partial charge in [-0.3, -0.25) is 4.72 Å². The van der Waals surface area contributed by atoms with Crippen LogP contribution in [0, 0.1) is 6.92 Å². The third-order valence-corrected chi connectivity index (χ3v) is 5.46. The van der Waals surface area contributed by atoms with Crippen molar-refractivity contribution < 1.29 is 27.5 Å². The van der Waals surface area contributed by atoms with Gasteiger partial charge in [0.2, 0.25) is 0 Å². The molecule has 0 aliphatic rings. The van der Waals surface area contributed by atoms with Crippen LogP contribution in [0.3, 0.4) is 0 Å². The minimum absolute atomic E-state index is 0.00558. The number of sulfonamides is 1. The van der Waals surface area contributed by atoms with E-state index in [-0.39, 0.29) is 16.0 Å². The van der Waals surface area contributed by atoms with E-state index in [0.29, 0.717) is 12.1 Å². The van der Waals surface area contributed by atoms with E-state index in [4.69, 9.17) is 0 Å². The van der Waals surface area contributed by atoms with Crippen LogP contribution >= 0.6 is 0 Å². The second-order valence-electron chi connectivity index (χ2n) is 5.76. The highest BCUT2D eigenvalue weighted by Gasteiger charge is 2.26. The van der Waals surface area contributed by atoms with Crippen molar-refractivity contribution in [2.24, 2.45) is 0 Å². The largest absolute Gasteiger partial charge is 0.465 e. The Morgan fingerprint density at radius 1 is 1.04 bits per heavy atom. The molecule has 2 aromatic carbocycles. The van der Waals surface area contributed by atoms with Gasteiger partial charge in [0.25, 0.3) is 10.0 Å². The maximum absolute atomic E-state index is 13.1. The zero-order valence-corrected chi connectivity index (χ0v) is 16.3. The first kappa shape index (κ1) is 20.4. The van der Waals surface area contributed by atoms with Crippen LogP contribution in [0.5, 0.6) is 0 Å². The first-order valence-electron chi connectivity index (χ1n) is 8.17. The Balaban J connectivity index is 2.63. The molecule has 0 atom stereocenters. The summed E-state index contributed by atoms with van der Waals surface area (Å²) in [6.07, 6.45) is 0.617. The quantitative estimate of drug-likeness (QED) is 0.760. The number of carbonyl (C=O) groups excluding carboxylic acids is 2. The molecule has 0 saturated heterocycles. The van der Waals surface area contributed by atoms with Crippen molar-refractivity contribution in [2.75, 3.05) is 18.9 Å². The monoisotopic (exact) mass is 391 g/mol. The van der Waals surface area contributed by atoms with Crippen molar-refractivity contribution in [1.82, 2.24) is 0 Å². The molecule has 0 aliphatic heterocycles.